The van der Waals surface area contributed by atoms with E-state index in [2.05, 4.69) is 32.1 Å². The molecule has 1 amide bonds. The monoisotopic (exact) mass is 549 g/mol. The van der Waals surface area contributed by atoms with Crippen LogP contribution in [0, 0.1) is 3.70 Å². The molecule has 2 aromatic rings. The number of hydrogen-bond acceptors (Lipinski definition) is 3. The van der Waals surface area contributed by atoms with Crippen LogP contribution >= 0.6 is 22.6 Å². The van der Waals surface area contributed by atoms with Gasteiger partial charge in [-0.3, -0.25) is 4.90 Å². The van der Waals surface area contributed by atoms with Gasteiger partial charge in [0.15, 0.2) is 0 Å². The number of nitrogens with zero attached hydrogens (tertiary/aromatic N) is 3. The van der Waals surface area contributed by atoms with Gasteiger partial charge in [0.05, 0.1) is 17.3 Å². The molecule has 0 radical (unpaired) electrons. The molecule has 0 fully saturated rings. The van der Waals surface area contributed by atoms with E-state index < -0.39 is 17.3 Å². The minimum atomic E-state index is -4.35. The first kappa shape index (κ1) is 23.9. The maximum Gasteiger partial charge on any atom is 0.416 e. The van der Waals surface area contributed by atoms with Gasteiger partial charge in [0.1, 0.15) is 15.1 Å². The number of imidazole rings is 1. The average molecular weight is 549 g/mol. The summed E-state index contributed by atoms with van der Waals surface area (Å²) >= 11 is 2.20. The zero-order chi connectivity index (χ0) is 23.0. The van der Waals surface area contributed by atoms with E-state index in [0.29, 0.717) is 25.9 Å². The van der Waals surface area contributed by atoms with E-state index in [-0.39, 0.29) is 12.1 Å². The third-order valence-electron chi connectivity index (χ3n) is 5.23. The van der Waals surface area contributed by atoms with Crippen LogP contribution in [-0.4, -0.2) is 32.7 Å². The Morgan fingerprint density at radius 3 is 2.39 bits per heavy atom. The van der Waals surface area contributed by atoms with Gasteiger partial charge in [-0.05, 0) is 73.9 Å². The molecule has 3 rings (SSSR count). The van der Waals surface area contributed by atoms with Crippen molar-refractivity contribution < 1.29 is 22.7 Å². The number of aromatic nitrogens is 2. The molecule has 0 aliphatic carbocycles. The van der Waals surface area contributed by atoms with Gasteiger partial charge in [-0.25, -0.2) is 9.78 Å². The van der Waals surface area contributed by atoms with Crippen molar-refractivity contribution in [2.45, 2.75) is 71.3 Å². The Hall–Kier alpha value is -1.78. The van der Waals surface area contributed by atoms with Crippen LogP contribution in [0.5, 0.6) is 0 Å². The third kappa shape index (κ3) is 5.53. The molecule has 1 atom stereocenters. The number of benzene rings is 1. The van der Waals surface area contributed by atoms with Crippen molar-refractivity contribution in [1.29, 1.82) is 0 Å². The third-order valence-corrected chi connectivity index (χ3v) is 6.02. The first-order chi connectivity index (χ1) is 14.4. The molecule has 0 saturated heterocycles. The van der Waals surface area contributed by atoms with Gasteiger partial charge in [-0.15, -0.1) is 0 Å². The van der Waals surface area contributed by atoms with Crippen molar-refractivity contribution in [3.05, 3.63) is 50.6 Å². The topological polar surface area (TPSA) is 47.4 Å². The van der Waals surface area contributed by atoms with Gasteiger partial charge in [0.25, 0.3) is 0 Å². The molecule has 5 nitrogen and oxygen atoms in total. The fourth-order valence-electron chi connectivity index (χ4n) is 3.82. The molecular weight excluding hydrogens is 522 g/mol. The van der Waals surface area contributed by atoms with Crippen LogP contribution in [0.2, 0.25) is 0 Å². The Balaban J connectivity index is 1.87. The summed E-state index contributed by atoms with van der Waals surface area (Å²) in [5, 5.41) is 0. The van der Waals surface area contributed by atoms with Gasteiger partial charge in [0, 0.05) is 19.5 Å². The minimum absolute atomic E-state index is 0.259. The Labute approximate surface area is 194 Å². The Morgan fingerprint density at radius 1 is 1.19 bits per heavy atom. The second kappa shape index (κ2) is 8.99. The lowest BCUT2D eigenvalue weighted by molar-refractivity contribution is -0.137. The molecular formula is C22H27F3IN3O2. The summed E-state index contributed by atoms with van der Waals surface area (Å²) in [6.07, 6.45) is -2.85. The molecule has 1 aromatic heterocycles. The normalized spacial score (nSPS) is 16.9. The summed E-state index contributed by atoms with van der Waals surface area (Å²) in [6.45, 7) is 8.67. The summed E-state index contributed by atoms with van der Waals surface area (Å²) in [4.78, 5) is 19.3. The Kier molecular flexibility index (Phi) is 6.93. The number of hydrogen-bond donors (Lipinski definition) is 0. The maximum absolute atomic E-state index is 12.9. The van der Waals surface area contributed by atoms with E-state index in [4.69, 9.17) is 4.74 Å². The van der Waals surface area contributed by atoms with Crippen LogP contribution in [0.15, 0.2) is 24.3 Å². The van der Waals surface area contributed by atoms with E-state index in [0.717, 1.165) is 39.3 Å². The van der Waals surface area contributed by atoms with Crippen LogP contribution in [0.3, 0.4) is 0 Å². The molecule has 0 saturated carbocycles. The molecule has 31 heavy (non-hydrogen) atoms. The number of rotatable bonds is 4. The molecule has 1 aliphatic heterocycles. The van der Waals surface area contributed by atoms with Crippen LogP contribution < -0.4 is 0 Å². The van der Waals surface area contributed by atoms with Gasteiger partial charge >= 0.3 is 12.3 Å². The summed E-state index contributed by atoms with van der Waals surface area (Å²) < 4.78 is 47.2. The number of carbonyl (C=O) groups is 1. The number of ether oxygens (including phenoxy) is 1. The molecule has 1 aliphatic rings. The molecule has 1 unspecified atom stereocenters. The van der Waals surface area contributed by atoms with Gasteiger partial charge in [-0.1, -0.05) is 19.1 Å². The predicted molar refractivity (Wildman–Crippen MR) is 120 cm³/mol. The second-order valence-electron chi connectivity index (χ2n) is 8.63. The average Bonchev–Trinajstić information content (AvgIpc) is 3.00. The smallest absolute Gasteiger partial charge is 0.416 e. The fourth-order valence-corrected chi connectivity index (χ4v) is 4.75. The molecule has 0 N–H and O–H groups in total. The summed E-state index contributed by atoms with van der Waals surface area (Å²) in [6, 6.07) is 4.95. The van der Waals surface area contributed by atoms with Crippen molar-refractivity contribution in [3.63, 3.8) is 0 Å². The summed E-state index contributed by atoms with van der Waals surface area (Å²) in [5.41, 5.74) is 0.486. The molecule has 1 aromatic carbocycles. The molecule has 0 spiro atoms. The summed E-state index contributed by atoms with van der Waals surface area (Å²) in [5.74, 6) is 0.975. The number of fused-ring (bicyclic) bond motifs is 1. The van der Waals surface area contributed by atoms with Crippen molar-refractivity contribution in [1.82, 2.24) is 14.5 Å². The number of aryl methyl sites for hydroxylation is 2. The molecule has 0 bridgehead atoms. The predicted octanol–water partition coefficient (Wildman–Crippen LogP) is 5.99. The largest absolute Gasteiger partial charge is 0.444 e. The van der Waals surface area contributed by atoms with E-state index in [1.54, 1.807) is 4.90 Å². The molecule has 2 heterocycles. The Morgan fingerprint density at radius 2 is 1.84 bits per heavy atom. The minimum Gasteiger partial charge on any atom is -0.444 e. The fraction of sp³-hybridized carbons (Fsp3) is 0.545. The highest BCUT2D eigenvalue weighted by molar-refractivity contribution is 14.1. The van der Waals surface area contributed by atoms with Crippen molar-refractivity contribution in [2.24, 2.45) is 0 Å². The molecule has 9 heteroatoms. The highest BCUT2D eigenvalue weighted by Gasteiger charge is 2.37. The maximum atomic E-state index is 12.9. The van der Waals surface area contributed by atoms with Gasteiger partial charge in [0.2, 0.25) is 0 Å². The lowest BCUT2D eigenvalue weighted by Crippen LogP contribution is -2.45. The van der Waals surface area contributed by atoms with Gasteiger partial charge < -0.3 is 9.30 Å². The van der Waals surface area contributed by atoms with Crippen LogP contribution in [0.25, 0.3) is 0 Å². The first-order valence-corrected chi connectivity index (χ1v) is 11.4. The van der Waals surface area contributed by atoms with Crippen molar-refractivity contribution in [2.75, 3.05) is 6.54 Å². The second-order valence-corrected chi connectivity index (χ2v) is 9.65. The molecule has 170 valence electrons. The number of amides is 1. The highest BCUT2D eigenvalue weighted by Crippen LogP contribution is 2.35. The van der Waals surface area contributed by atoms with E-state index in [1.807, 2.05) is 27.7 Å². The lowest BCUT2D eigenvalue weighted by atomic mass is 9.99. The van der Waals surface area contributed by atoms with Crippen LogP contribution in [-0.2, 0) is 30.3 Å². The number of alkyl halides is 3. The van der Waals surface area contributed by atoms with Crippen LogP contribution in [0.4, 0.5) is 18.0 Å². The van der Waals surface area contributed by atoms with Crippen molar-refractivity contribution in [3.8, 4) is 0 Å². The Bertz CT molecular complexity index is 933. The number of halogens is 4. The standard InChI is InChI=1S/C22H27F3IN3O2/c1-5-17-27-19(26)18-16(11-8-14-6-9-15(10-7-14)22(23,24)25)28(12-13-29(17)18)20(30)31-21(2,3)4/h6-7,9-10,16H,5,8,11-13H2,1-4H3. The van der Waals surface area contributed by atoms with Gasteiger partial charge in [-0.2, -0.15) is 13.2 Å². The van der Waals surface area contributed by atoms with E-state index >= 15 is 0 Å². The zero-order valence-electron chi connectivity index (χ0n) is 18.1. The van der Waals surface area contributed by atoms with E-state index in [1.165, 1.54) is 12.1 Å². The summed E-state index contributed by atoms with van der Waals surface area (Å²) in [7, 11) is 0. The van der Waals surface area contributed by atoms with Crippen molar-refractivity contribution >= 4 is 28.7 Å². The van der Waals surface area contributed by atoms with E-state index in [9.17, 15) is 18.0 Å². The first-order valence-electron chi connectivity index (χ1n) is 10.3. The lowest BCUT2D eigenvalue weighted by Gasteiger charge is -2.38. The van der Waals surface area contributed by atoms with Crippen LogP contribution in [0.1, 0.15) is 62.8 Å². The zero-order valence-corrected chi connectivity index (χ0v) is 20.2. The number of carbonyl (C=O) groups excluding carboxylic acids is 1. The quantitative estimate of drug-likeness (QED) is 0.440. The SMILES string of the molecule is CCc1nc(I)c2n1CCN(C(=O)OC(C)(C)C)C2CCc1ccc(C(F)(F)F)cc1. The highest BCUT2D eigenvalue weighted by atomic mass is 127.